The van der Waals surface area contributed by atoms with E-state index in [1.807, 2.05) is 24.3 Å². The van der Waals surface area contributed by atoms with Crippen molar-refractivity contribution in [3.8, 4) is 11.1 Å². The molecule has 2 aliphatic carbocycles. The lowest BCUT2D eigenvalue weighted by atomic mass is 9.89. The molecule has 2 amide bonds. The summed E-state index contributed by atoms with van der Waals surface area (Å²) in [6.07, 6.45) is 0.747. The summed E-state index contributed by atoms with van der Waals surface area (Å²) < 4.78 is 5.55. The summed E-state index contributed by atoms with van der Waals surface area (Å²) in [6, 6.07) is 16.2. The van der Waals surface area contributed by atoms with Crippen LogP contribution in [0, 0.1) is 5.41 Å². The third-order valence-electron chi connectivity index (χ3n) is 6.48. The Labute approximate surface area is 187 Å². The zero-order valence-electron chi connectivity index (χ0n) is 18.3. The van der Waals surface area contributed by atoms with E-state index in [-0.39, 0.29) is 25.0 Å². The van der Waals surface area contributed by atoms with Crippen LogP contribution in [0.15, 0.2) is 48.5 Å². The van der Waals surface area contributed by atoms with Crippen molar-refractivity contribution < 1.29 is 24.2 Å². The van der Waals surface area contributed by atoms with Gasteiger partial charge in [0.15, 0.2) is 0 Å². The molecule has 0 aliphatic heterocycles. The fraction of sp³-hybridized carbons (Fsp3) is 0.400. The van der Waals surface area contributed by atoms with E-state index < -0.39 is 23.0 Å². The fourth-order valence-corrected chi connectivity index (χ4v) is 4.13. The smallest absolute Gasteiger partial charge is 0.408 e. The molecule has 0 radical (unpaired) electrons. The largest absolute Gasteiger partial charge is 0.481 e. The van der Waals surface area contributed by atoms with Gasteiger partial charge in [0.2, 0.25) is 5.91 Å². The Hall–Kier alpha value is -3.35. The third-order valence-corrected chi connectivity index (χ3v) is 6.48. The van der Waals surface area contributed by atoms with Gasteiger partial charge in [0, 0.05) is 12.5 Å². The summed E-state index contributed by atoms with van der Waals surface area (Å²) in [6.45, 7) is 3.64. The number of carbonyl (C=O) groups excluding carboxylic acids is 2. The highest BCUT2D eigenvalue weighted by Crippen LogP contribution is 2.44. The van der Waals surface area contributed by atoms with Crippen LogP contribution in [0.1, 0.15) is 50.2 Å². The monoisotopic (exact) mass is 436 g/mol. The molecule has 0 atom stereocenters. The van der Waals surface area contributed by atoms with Crippen molar-refractivity contribution >= 4 is 18.0 Å². The van der Waals surface area contributed by atoms with Crippen LogP contribution < -0.4 is 10.6 Å². The topological polar surface area (TPSA) is 105 Å². The number of ether oxygens (including phenoxy) is 1. The molecule has 2 aromatic rings. The lowest BCUT2D eigenvalue weighted by Crippen LogP contribution is -2.50. The van der Waals surface area contributed by atoms with E-state index in [1.165, 1.54) is 0 Å². The number of benzene rings is 2. The molecule has 0 saturated heterocycles. The molecular formula is C25H28N2O5. The van der Waals surface area contributed by atoms with Gasteiger partial charge in [-0.25, -0.2) is 4.79 Å². The normalized spacial score (nSPS) is 15.9. The van der Waals surface area contributed by atoms with E-state index >= 15 is 0 Å². The summed E-state index contributed by atoms with van der Waals surface area (Å²) in [4.78, 5) is 36.3. The van der Waals surface area contributed by atoms with Crippen molar-refractivity contribution in [2.24, 2.45) is 5.41 Å². The maximum atomic E-state index is 12.6. The highest BCUT2D eigenvalue weighted by atomic mass is 16.5. The maximum Gasteiger partial charge on any atom is 0.408 e. The van der Waals surface area contributed by atoms with Gasteiger partial charge in [0.1, 0.15) is 12.1 Å². The Morgan fingerprint density at radius 3 is 2.12 bits per heavy atom. The van der Waals surface area contributed by atoms with Crippen LogP contribution in [0.2, 0.25) is 0 Å². The molecule has 4 rings (SSSR count). The predicted octanol–water partition coefficient (Wildman–Crippen LogP) is 3.67. The van der Waals surface area contributed by atoms with E-state index in [9.17, 15) is 19.5 Å². The number of carbonyl (C=O) groups is 3. The van der Waals surface area contributed by atoms with Gasteiger partial charge in [-0.1, -0.05) is 48.5 Å². The third kappa shape index (κ3) is 4.20. The van der Waals surface area contributed by atoms with Crippen LogP contribution in [-0.4, -0.2) is 41.8 Å². The van der Waals surface area contributed by atoms with Gasteiger partial charge in [-0.05, 0) is 55.4 Å². The van der Waals surface area contributed by atoms with Gasteiger partial charge in [-0.3, -0.25) is 9.59 Å². The summed E-state index contributed by atoms with van der Waals surface area (Å²) >= 11 is 0. The van der Waals surface area contributed by atoms with Crippen LogP contribution in [-0.2, 0) is 14.3 Å². The average Bonchev–Trinajstić information content (AvgIpc) is 3.47. The van der Waals surface area contributed by atoms with Crippen molar-refractivity contribution in [3.05, 3.63) is 59.7 Å². The number of rotatable bonds is 8. The summed E-state index contributed by atoms with van der Waals surface area (Å²) in [5, 5.41) is 14.7. The molecule has 0 spiro atoms. The minimum absolute atomic E-state index is 0.0459. The Kier molecular flexibility index (Phi) is 5.67. The van der Waals surface area contributed by atoms with Gasteiger partial charge in [0.25, 0.3) is 0 Å². The number of carboxylic acids is 1. The molecule has 0 aromatic heterocycles. The first-order valence-corrected chi connectivity index (χ1v) is 10.9. The van der Waals surface area contributed by atoms with Crippen LogP contribution in [0.5, 0.6) is 0 Å². The number of fused-ring (bicyclic) bond motifs is 3. The molecule has 7 heteroatoms. The van der Waals surface area contributed by atoms with Crippen molar-refractivity contribution in [3.63, 3.8) is 0 Å². The quantitative estimate of drug-likeness (QED) is 0.586. The van der Waals surface area contributed by atoms with Crippen LogP contribution in [0.25, 0.3) is 11.1 Å². The Bertz CT molecular complexity index is 1010. The highest BCUT2D eigenvalue weighted by molar-refractivity contribution is 5.92. The second-order valence-electron chi connectivity index (χ2n) is 9.23. The number of hydrogen-bond donors (Lipinski definition) is 3. The van der Waals surface area contributed by atoms with Gasteiger partial charge in [-0.15, -0.1) is 0 Å². The minimum atomic E-state index is -0.962. The maximum absolute atomic E-state index is 12.6. The number of carboxylic acid groups (broad SMARTS) is 1. The predicted molar refractivity (Wildman–Crippen MR) is 119 cm³/mol. The number of aliphatic carboxylic acids is 1. The molecule has 2 aliphatic rings. The molecule has 1 saturated carbocycles. The standard InChI is InChI=1S/C25H28N2O5/c1-24(2,22(29)30)13-14-26-21(28)25(11-12-25)27-23(31)32-15-20-18-9-5-3-7-16(18)17-8-4-6-10-19(17)20/h3-10,20H,11-15H2,1-2H3,(H,26,28)(H,27,31)(H,29,30). The summed E-state index contributed by atoms with van der Waals surface area (Å²) in [7, 11) is 0. The van der Waals surface area contributed by atoms with Crippen LogP contribution >= 0.6 is 0 Å². The number of amides is 2. The molecule has 1 fully saturated rings. The number of alkyl carbamates (subject to hydrolysis) is 1. The molecule has 0 heterocycles. The summed E-state index contributed by atoms with van der Waals surface area (Å²) in [5.74, 6) is -1.26. The number of hydrogen-bond acceptors (Lipinski definition) is 4. The van der Waals surface area contributed by atoms with Crippen molar-refractivity contribution in [2.45, 2.75) is 44.6 Å². The molecule has 3 N–H and O–H groups in total. The lowest BCUT2D eigenvalue weighted by molar-refractivity contribution is -0.147. The van der Waals surface area contributed by atoms with E-state index in [0.29, 0.717) is 19.3 Å². The molecule has 32 heavy (non-hydrogen) atoms. The number of nitrogens with one attached hydrogen (secondary N) is 2. The Balaban J connectivity index is 1.33. The van der Waals surface area contributed by atoms with Gasteiger partial charge >= 0.3 is 12.1 Å². The first-order chi connectivity index (χ1) is 15.2. The first kappa shape index (κ1) is 21.9. The van der Waals surface area contributed by atoms with Crippen molar-refractivity contribution in [1.82, 2.24) is 10.6 Å². The minimum Gasteiger partial charge on any atom is -0.481 e. The van der Waals surface area contributed by atoms with Crippen LogP contribution in [0.3, 0.4) is 0 Å². The zero-order valence-corrected chi connectivity index (χ0v) is 18.3. The van der Waals surface area contributed by atoms with E-state index in [2.05, 4.69) is 34.9 Å². The average molecular weight is 437 g/mol. The van der Waals surface area contributed by atoms with Crippen molar-refractivity contribution in [1.29, 1.82) is 0 Å². The zero-order chi connectivity index (χ0) is 22.9. The summed E-state index contributed by atoms with van der Waals surface area (Å²) in [5.41, 5.74) is 2.67. The van der Waals surface area contributed by atoms with E-state index in [4.69, 9.17) is 4.74 Å². The second-order valence-corrected chi connectivity index (χ2v) is 9.23. The lowest BCUT2D eigenvalue weighted by Gasteiger charge is -2.21. The van der Waals surface area contributed by atoms with E-state index in [1.54, 1.807) is 13.8 Å². The highest BCUT2D eigenvalue weighted by Gasteiger charge is 2.51. The second kappa shape index (κ2) is 8.30. The molecule has 0 unspecified atom stereocenters. The van der Waals surface area contributed by atoms with E-state index in [0.717, 1.165) is 22.3 Å². The van der Waals surface area contributed by atoms with Gasteiger partial charge in [-0.2, -0.15) is 0 Å². The SMILES string of the molecule is CC(C)(CCNC(=O)C1(NC(=O)OCC2c3ccccc3-c3ccccc32)CC1)C(=O)O. The fourth-order valence-electron chi connectivity index (χ4n) is 4.13. The Morgan fingerprint density at radius 1 is 1.03 bits per heavy atom. The molecule has 7 nitrogen and oxygen atoms in total. The molecule has 0 bridgehead atoms. The van der Waals surface area contributed by atoms with Crippen LogP contribution in [0.4, 0.5) is 4.79 Å². The van der Waals surface area contributed by atoms with Gasteiger partial charge in [0.05, 0.1) is 5.41 Å². The Morgan fingerprint density at radius 2 is 1.59 bits per heavy atom. The molecule has 168 valence electrons. The first-order valence-electron chi connectivity index (χ1n) is 10.9. The van der Waals surface area contributed by atoms with Crippen molar-refractivity contribution in [2.75, 3.05) is 13.2 Å². The molecular weight excluding hydrogens is 408 g/mol. The molecule has 2 aromatic carbocycles. The van der Waals surface area contributed by atoms with Gasteiger partial charge < -0.3 is 20.5 Å².